The molecule has 0 aliphatic heterocycles. The fraction of sp³-hybridized carbons (Fsp3) is 0. The summed E-state index contributed by atoms with van der Waals surface area (Å²) < 4.78 is 2.33. The lowest BCUT2D eigenvalue weighted by Crippen LogP contribution is -2.06. The van der Waals surface area contributed by atoms with Crippen LogP contribution in [0.5, 0.6) is 0 Å². The Morgan fingerprint density at radius 2 is 2.25 bits per heavy atom. The molecular weight excluding hydrogens is 236 g/mol. The van der Waals surface area contributed by atoms with Crippen molar-refractivity contribution in [1.82, 2.24) is 0 Å². The lowest BCUT2D eigenvalue weighted by molar-refractivity contribution is 1.37. The summed E-state index contributed by atoms with van der Waals surface area (Å²) in [5.74, 6) is 5.38. The summed E-state index contributed by atoms with van der Waals surface area (Å²) in [5, 5.41) is 3.22. The molecule has 1 aromatic heterocycles. The van der Waals surface area contributed by atoms with Gasteiger partial charge in [-0.1, -0.05) is 6.07 Å². The Kier molecular flexibility index (Phi) is 2.04. The lowest BCUT2D eigenvalue weighted by Gasteiger charge is -2.01. The molecule has 2 aromatic rings. The zero-order valence-corrected chi connectivity index (χ0v) is 8.58. The first-order chi connectivity index (χ1) is 5.83. The number of fused-ring (bicyclic) bond motifs is 1. The van der Waals surface area contributed by atoms with E-state index in [9.17, 15) is 0 Å². The molecule has 0 bridgehead atoms. The van der Waals surface area contributed by atoms with Crippen LogP contribution < -0.4 is 11.3 Å². The van der Waals surface area contributed by atoms with Crippen molar-refractivity contribution in [3.8, 4) is 0 Å². The second-order valence-corrected chi connectivity index (χ2v) is 4.17. The number of anilines is 1. The number of hydrogen-bond acceptors (Lipinski definition) is 3. The van der Waals surface area contributed by atoms with Crippen molar-refractivity contribution in [2.45, 2.75) is 0 Å². The molecule has 0 aliphatic rings. The number of hydrogen-bond donors (Lipinski definition) is 2. The third-order valence-electron chi connectivity index (χ3n) is 1.71. The zero-order valence-electron chi connectivity index (χ0n) is 6.17. The number of rotatable bonds is 1. The highest BCUT2D eigenvalue weighted by Gasteiger charge is 2.04. The van der Waals surface area contributed by atoms with Crippen LogP contribution in [0.2, 0.25) is 0 Å². The maximum atomic E-state index is 5.38. The third kappa shape index (κ3) is 1.12. The molecule has 0 saturated heterocycles. The second-order valence-electron chi connectivity index (χ2n) is 2.41. The van der Waals surface area contributed by atoms with Crippen LogP contribution in [0.1, 0.15) is 0 Å². The van der Waals surface area contributed by atoms with Gasteiger partial charge in [0.15, 0.2) is 0 Å². The highest BCUT2D eigenvalue weighted by Crippen LogP contribution is 2.34. The molecule has 2 rings (SSSR count). The number of halogens is 1. The summed E-state index contributed by atoms with van der Waals surface area (Å²) >= 11 is 5.17. The molecule has 0 amide bonds. The molecule has 0 saturated carbocycles. The van der Waals surface area contributed by atoms with Gasteiger partial charge in [0.1, 0.15) is 0 Å². The summed E-state index contributed by atoms with van der Waals surface area (Å²) in [6.07, 6.45) is 0. The summed E-state index contributed by atoms with van der Waals surface area (Å²) in [6, 6.07) is 6.02. The van der Waals surface area contributed by atoms with E-state index >= 15 is 0 Å². The first-order valence-corrected chi connectivity index (χ1v) is 5.12. The predicted molar refractivity (Wildman–Crippen MR) is 57.3 cm³/mol. The van der Waals surface area contributed by atoms with Crippen LogP contribution in [-0.4, -0.2) is 0 Å². The Balaban J connectivity index is 2.84. The fourth-order valence-corrected chi connectivity index (χ4v) is 2.85. The Bertz CT molecular complexity index is 410. The number of nitrogens with two attached hydrogens (primary N) is 1. The molecular formula is C8H7BrN2S. The molecule has 1 aromatic carbocycles. The van der Waals surface area contributed by atoms with E-state index in [1.807, 2.05) is 12.1 Å². The molecule has 0 atom stereocenters. The van der Waals surface area contributed by atoms with Crippen LogP contribution in [0.4, 0.5) is 5.69 Å². The van der Waals surface area contributed by atoms with E-state index < -0.39 is 0 Å². The van der Waals surface area contributed by atoms with Crippen molar-refractivity contribution in [1.29, 1.82) is 0 Å². The van der Waals surface area contributed by atoms with Gasteiger partial charge in [0.2, 0.25) is 0 Å². The highest BCUT2D eigenvalue weighted by atomic mass is 79.9. The quantitative estimate of drug-likeness (QED) is 0.597. The van der Waals surface area contributed by atoms with Crippen molar-refractivity contribution >= 4 is 43.0 Å². The zero-order chi connectivity index (χ0) is 8.55. The predicted octanol–water partition coefficient (Wildman–Crippen LogP) is 2.95. The number of nitrogens with one attached hydrogen (secondary N) is 1. The van der Waals surface area contributed by atoms with E-state index in [2.05, 4.69) is 32.8 Å². The maximum absolute atomic E-state index is 5.38. The van der Waals surface area contributed by atoms with E-state index in [4.69, 9.17) is 5.84 Å². The number of thiophene rings is 1. The van der Waals surface area contributed by atoms with Crippen molar-refractivity contribution in [2.75, 3.05) is 5.43 Å². The van der Waals surface area contributed by atoms with Gasteiger partial charge in [-0.25, -0.2) is 0 Å². The van der Waals surface area contributed by atoms with Gasteiger partial charge in [-0.3, -0.25) is 5.84 Å². The Morgan fingerprint density at radius 3 is 3.00 bits per heavy atom. The highest BCUT2D eigenvalue weighted by molar-refractivity contribution is 9.10. The summed E-state index contributed by atoms with van der Waals surface area (Å²) in [4.78, 5) is 0. The van der Waals surface area contributed by atoms with Gasteiger partial charge in [0.25, 0.3) is 0 Å². The van der Waals surface area contributed by atoms with E-state index in [1.54, 1.807) is 11.3 Å². The molecule has 1 heterocycles. The molecule has 3 N–H and O–H groups in total. The van der Waals surface area contributed by atoms with E-state index in [0.717, 1.165) is 15.5 Å². The summed E-state index contributed by atoms with van der Waals surface area (Å²) in [5.41, 5.74) is 3.63. The molecule has 12 heavy (non-hydrogen) atoms. The Hall–Kier alpha value is -0.580. The van der Waals surface area contributed by atoms with Gasteiger partial charge in [-0.05, 0) is 28.1 Å². The van der Waals surface area contributed by atoms with E-state index in [1.165, 1.54) is 4.70 Å². The van der Waals surface area contributed by atoms with Crippen LogP contribution in [0.15, 0.2) is 28.1 Å². The van der Waals surface area contributed by atoms with Crippen molar-refractivity contribution < 1.29 is 0 Å². The second kappa shape index (κ2) is 3.05. The van der Waals surface area contributed by atoms with Crippen molar-refractivity contribution in [2.24, 2.45) is 5.84 Å². The van der Waals surface area contributed by atoms with Crippen LogP contribution >= 0.6 is 27.3 Å². The lowest BCUT2D eigenvalue weighted by atomic mass is 10.2. The molecule has 4 heteroatoms. The summed E-state index contributed by atoms with van der Waals surface area (Å²) in [7, 11) is 0. The van der Waals surface area contributed by atoms with Gasteiger partial charge < -0.3 is 5.43 Å². The molecule has 0 fully saturated rings. The molecule has 0 spiro atoms. The van der Waals surface area contributed by atoms with Crippen LogP contribution in [0.3, 0.4) is 0 Å². The van der Waals surface area contributed by atoms with Crippen molar-refractivity contribution in [3.05, 3.63) is 28.1 Å². The molecule has 62 valence electrons. The van der Waals surface area contributed by atoms with Crippen LogP contribution in [0, 0.1) is 0 Å². The largest absolute Gasteiger partial charge is 0.323 e. The standard InChI is InChI=1S/C8H7BrN2S/c9-5-4-12-7-3-1-2-6(11-10)8(5)7/h1-4,11H,10H2. The summed E-state index contributed by atoms with van der Waals surface area (Å²) in [6.45, 7) is 0. The van der Waals surface area contributed by atoms with Gasteiger partial charge in [-0.15, -0.1) is 11.3 Å². The molecule has 2 nitrogen and oxygen atoms in total. The SMILES string of the molecule is NNc1cccc2scc(Br)c12. The minimum absolute atomic E-state index is 0.959. The van der Waals surface area contributed by atoms with E-state index in [0.29, 0.717) is 0 Å². The monoisotopic (exact) mass is 242 g/mol. The number of nitrogen functional groups attached to an aromatic ring is 1. The maximum Gasteiger partial charge on any atom is 0.0583 e. The smallest absolute Gasteiger partial charge is 0.0583 e. The van der Waals surface area contributed by atoms with Crippen LogP contribution in [-0.2, 0) is 0 Å². The minimum Gasteiger partial charge on any atom is -0.323 e. The Labute approximate surface area is 82.5 Å². The Morgan fingerprint density at radius 1 is 1.42 bits per heavy atom. The normalized spacial score (nSPS) is 10.5. The fourth-order valence-electron chi connectivity index (χ4n) is 1.17. The first kappa shape index (κ1) is 8.04. The first-order valence-electron chi connectivity index (χ1n) is 3.45. The van der Waals surface area contributed by atoms with Crippen LogP contribution in [0.25, 0.3) is 10.1 Å². The molecule has 0 unspecified atom stereocenters. The minimum atomic E-state index is 0.959. The number of hydrazine groups is 1. The van der Waals surface area contributed by atoms with Gasteiger partial charge in [-0.2, -0.15) is 0 Å². The molecule has 0 radical (unpaired) electrons. The van der Waals surface area contributed by atoms with Gasteiger partial charge in [0, 0.05) is 19.9 Å². The number of benzene rings is 1. The van der Waals surface area contributed by atoms with E-state index in [-0.39, 0.29) is 0 Å². The average molecular weight is 243 g/mol. The molecule has 0 aliphatic carbocycles. The van der Waals surface area contributed by atoms with Gasteiger partial charge in [0.05, 0.1) is 5.69 Å². The third-order valence-corrected chi connectivity index (χ3v) is 3.59. The van der Waals surface area contributed by atoms with Gasteiger partial charge >= 0.3 is 0 Å². The average Bonchev–Trinajstić information content (AvgIpc) is 2.48. The topological polar surface area (TPSA) is 38.0 Å². The van der Waals surface area contributed by atoms with Crippen molar-refractivity contribution in [3.63, 3.8) is 0 Å².